The van der Waals surface area contributed by atoms with Gasteiger partial charge in [-0.15, -0.1) is 0 Å². The molecule has 2 rings (SSSR count). The average Bonchev–Trinajstić information content (AvgIpc) is 3.11. The maximum Gasteiger partial charge on any atom is 0.236 e. The lowest BCUT2D eigenvalue weighted by Crippen LogP contribution is -2.36. The Hall–Kier alpha value is -0.830. The molecule has 1 fully saturated rings. The first-order chi connectivity index (χ1) is 8.08. The van der Waals surface area contributed by atoms with Crippen molar-refractivity contribution in [1.29, 1.82) is 0 Å². The number of hydrogen-bond acceptors (Lipinski definition) is 1. The average molecular weight is 296 g/mol. The Morgan fingerprint density at radius 2 is 2.00 bits per heavy atom. The first-order valence-electron chi connectivity index (χ1n) is 6.08. The molecule has 1 aliphatic rings. The number of benzene rings is 1. The third-order valence-electron chi connectivity index (χ3n) is 3.08. The zero-order chi connectivity index (χ0) is 12.4. The van der Waals surface area contributed by atoms with Crippen LogP contribution >= 0.6 is 15.9 Å². The van der Waals surface area contributed by atoms with Crippen molar-refractivity contribution in [2.75, 3.05) is 0 Å². The monoisotopic (exact) mass is 295 g/mol. The summed E-state index contributed by atoms with van der Waals surface area (Å²) in [5.74, 6) is 0.202. The fraction of sp³-hybridized carbons (Fsp3) is 0.500. The highest BCUT2D eigenvalue weighted by Gasteiger charge is 2.33. The van der Waals surface area contributed by atoms with Crippen molar-refractivity contribution in [3.05, 3.63) is 35.4 Å². The van der Waals surface area contributed by atoms with Crippen LogP contribution in [-0.4, -0.2) is 21.7 Å². The second kappa shape index (κ2) is 5.21. The maximum absolute atomic E-state index is 12.1. The molecular formula is C14H18BrNO. The molecule has 1 aliphatic carbocycles. The lowest BCUT2D eigenvalue weighted by Gasteiger charge is -2.24. The highest BCUT2D eigenvalue weighted by atomic mass is 79.9. The van der Waals surface area contributed by atoms with E-state index in [0.717, 1.165) is 19.4 Å². The second-order valence-electron chi connectivity index (χ2n) is 4.80. The number of hydrogen-bond donors (Lipinski definition) is 0. The summed E-state index contributed by atoms with van der Waals surface area (Å²) in [7, 11) is 0. The van der Waals surface area contributed by atoms with Crippen LogP contribution in [0.1, 0.15) is 30.9 Å². The van der Waals surface area contributed by atoms with Crippen LogP contribution in [0.15, 0.2) is 24.3 Å². The molecule has 1 amide bonds. The van der Waals surface area contributed by atoms with Gasteiger partial charge in [-0.3, -0.25) is 4.79 Å². The third kappa shape index (κ3) is 3.32. The Labute approximate surface area is 111 Å². The lowest BCUT2D eigenvalue weighted by atomic mass is 10.1. The van der Waals surface area contributed by atoms with E-state index < -0.39 is 0 Å². The van der Waals surface area contributed by atoms with E-state index in [2.05, 4.69) is 47.1 Å². The van der Waals surface area contributed by atoms with Gasteiger partial charge in [0.15, 0.2) is 0 Å². The SMILES string of the molecule is Cc1ccc(CN(C(=O)C(C)Br)C2CC2)cc1. The lowest BCUT2D eigenvalue weighted by molar-refractivity contribution is -0.131. The number of halogens is 1. The van der Waals surface area contributed by atoms with Crippen molar-refractivity contribution < 1.29 is 4.79 Å². The Kier molecular flexibility index (Phi) is 3.87. The van der Waals surface area contributed by atoms with Gasteiger partial charge >= 0.3 is 0 Å². The van der Waals surface area contributed by atoms with Gasteiger partial charge in [0.25, 0.3) is 0 Å². The van der Waals surface area contributed by atoms with E-state index in [-0.39, 0.29) is 10.7 Å². The van der Waals surface area contributed by atoms with E-state index >= 15 is 0 Å². The number of aryl methyl sites for hydroxylation is 1. The standard InChI is InChI=1S/C14H18BrNO/c1-10-3-5-12(6-4-10)9-16(13-7-8-13)14(17)11(2)15/h3-6,11,13H,7-9H2,1-2H3. The predicted molar refractivity (Wildman–Crippen MR) is 73.1 cm³/mol. The highest BCUT2D eigenvalue weighted by Crippen LogP contribution is 2.29. The van der Waals surface area contributed by atoms with Crippen LogP contribution in [0.3, 0.4) is 0 Å². The van der Waals surface area contributed by atoms with Crippen molar-refractivity contribution in [1.82, 2.24) is 4.90 Å². The number of carbonyl (C=O) groups excluding carboxylic acids is 1. The molecular weight excluding hydrogens is 278 g/mol. The zero-order valence-electron chi connectivity index (χ0n) is 10.3. The Morgan fingerprint density at radius 1 is 1.41 bits per heavy atom. The predicted octanol–water partition coefficient (Wildman–Crippen LogP) is 3.27. The van der Waals surface area contributed by atoms with Crippen molar-refractivity contribution in [3.8, 4) is 0 Å². The molecule has 0 spiro atoms. The molecule has 1 unspecified atom stereocenters. The maximum atomic E-state index is 12.1. The smallest absolute Gasteiger partial charge is 0.236 e. The van der Waals surface area contributed by atoms with Gasteiger partial charge in [0.2, 0.25) is 5.91 Å². The van der Waals surface area contributed by atoms with Crippen molar-refractivity contribution in [2.24, 2.45) is 0 Å². The van der Waals surface area contributed by atoms with Crippen LogP contribution in [0.25, 0.3) is 0 Å². The molecule has 1 aromatic carbocycles. The van der Waals surface area contributed by atoms with Crippen LogP contribution in [0.4, 0.5) is 0 Å². The molecule has 0 radical (unpaired) electrons. The van der Waals surface area contributed by atoms with Crippen molar-refractivity contribution >= 4 is 21.8 Å². The van der Waals surface area contributed by atoms with E-state index in [1.165, 1.54) is 11.1 Å². The molecule has 0 heterocycles. The molecule has 1 saturated carbocycles. The molecule has 0 bridgehead atoms. The normalized spacial score (nSPS) is 16.6. The van der Waals surface area contributed by atoms with Gasteiger partial charge in [0.05, 0.1) is 4.83 Å². The molecule has 17 heavy (non-hydrogen) atoms. The third-order valence-corrected chi connectivity index (χ3v) is 3.48. The number of nitrogens with zero attached hydrogens (tertiary/aromatic N) is 1. The van der Waals surface area contributed by atoms with Gasteiger partial charge in [-0.05, 0) is 32.3 Å². The molecule has 0 aliphatic heterocycles. The molecule has 3 heteroatoms. The molecule has 0 N–H and O–H groups in total. The van der Waals surface area contributed by atoms with Crippen LogP contribution in [0.5, 0.6) is 0 Å². The van der Waals surface area contributed by atoms with Crippen LogP contribution in [0, 0.1) is 6.92 Å². The minimum absolute atomic E-state index is 0.0893. The summed E-state index contributed by atoms with van der Waals surface area (Å²) in [4.78, 5) is 14.0. The summed E-state index contributed by atoms with van der Waals surface area (Å²) in [6.07, 6.45) is 2.30. The molecule has 1 aromatic rings. The minimum atomic E-state index is -0.0893. The fourth-order valence-corrected chi connectivity index (χ4v) is 2.15. The van der Waals surface area contributed by atoms with Gasteiger partial charge < -0.3 is 4.90 Å². The number of rotatable bonds is 4. The van der Waals surface area contributed by atoms with Crippen molar-refractivity contribution in [2.45, 2.75) is 44.1 Å². The molecule has 0 aromatic heterocycles. The van der Waals surface area contributed by atoms with E-state index in [1.54, 1.807) is 0 Å². The van der Waals surface area contributed by atoms with E-state index in [1.807, 2.05) is 11.8 Å². The number of alkyl halides is 1. The molecule has 1 atom stereocenters. The van der Waals surface area contributed by atoms with Gasteiger partial charge in [-0.1, -0.05) is 45.8 Å². The molecule has 92 valence electrons. The summed E-state index contributed by atoms with van der Waals surface area (Å²) >= 11 is 3.37. The summed E-state index contributed by atoms with van der Waals surface area (Å²) in [5.41, 5.74) is 2.47. The van der Waals surface area contributed by atoms with E-state index in [0.29, 0.717) is 6.04 Å². The summed E-state index contributed by atoms with van der Waals surface area (Å²) in [6, 6.07) is 8.88. The first kappa shape index (κ1) is 12.6. The summed E-state index contributed by atoms with van der Waals surface area (Å²) < 4.78 is 0. The number of carbonyl (C=O) groups is 1. The van der Waals surface area contributed by atoms with Gasteiger partial charge in [0, 0.05) is 12.6 Å². The summed E-state index contributed by atoms with van der Waals surface area (Å²) in [6.45, 7) is 4.71. The van der Waals surface area contributed by atoms with Crippen LogP contribution < -0.4 is 0 Å². The first-order valence-corrected chi connectivity index (χ1v) is 6.99. The Bertz CT molecular complexity index is 395. The highest BCUT2D eigenvalue weighted by molar-refractivity contribution is 9.10. The summed E-state index contributed by atoms with van der Waals surface area (Å²) in [5, 5.41) is 0. The second-order valence-corrected chi connectivity index (χ2v) is 6.17. The molecule has 0 saturated heterocycles. The van der Waals surface area contributed by atoms with Gasteiger partial charge in [0.1, 0.15) is 0 Å². The zero-order valence-corrected chi connectivity index (χ0v) is 11.9. The van der Waals surface area contributed by atoms with Crippen LogP contribution in [-0.2, 0) is 11.3 Å². The van der Waals surface area contributed by atoms with E-state index in [4.69, 9.17) is 0 Å². The topological polar surface area (TPSA) is 20.3 Å². The minimum Gasteiger partial charge on any atom is -0.334 e. The Morgan fingerprint density at radius 3 is 2.47 bits per heavy atom. The number of amides is 1. The van der Waals surface area contributed by atoms with Crippen LogP contribution in [0.2, 0.25) is 0 Å². The van der Waals surface area contributed by atoms with E-state index in [9.17, 15) is 4.79 Å². The largest absolute Gasteiger partial charge is 0.334 e. The van der Waals surface area contributed by atoms with Gasteiger partial charge in [-0.2, -0.15) is 0 Å². The fourth-order valence-electron chi connectivity index (χ4n) is 1.89. The van der Waals surface area contributed by atoms with Crippen molar-refractivity contribution in [3.63, 3.8) is 0 Å². The quantitative estimate of drug-likeness (QED) is 0.781. The molecule has 2 nitrogen and oxygen atoms in total. The van der Waals surface area contributed by atoms with Gasteiger partial charge in [-0.25, -0.2) is 0 Å². The Balaban J connectivity index is 2.07.